The molecule has 0 spiro atoms. The zero-order chi connectivity index (χ0) is 46.6. The normalized spacial score (nSPS) is 20.2. The first-order chi connectivity index (χ1) is 31.1. The van der Waals surface area contributed by atoms with Gasteiger partial charge in [0.25, 0.3) is 5.91 Å². The lowest BCUT2D eigenvalue weighted by atomic mass is 9.84. The van der Waals surface area contributed by atoms with E-state index >= 15 is 0 Å². The number of cyclic esters (lactones) is 1. The average Bonchev–Trinajstić information content (AvgIpc) is 3.58. The van der Waals surface area contributed by atoms with E-state index in [1.807, 2.05) is 43.9 Å². The van der Waals surface area contributed by atoms with Gasteiger partial charge in [-0.1, -0.05) is 63.9 Å². The highest BCUT2D eigenvalue weighted by atomic mass is 16.5. The van der Waals surface area contributed by atoms with Crippen molar-refractivity contribution in [2.45, 2.75) is 98.0 Å². The number of likely N-dealkylation sites (N-methyl/N-ethyl adjacent to an activating group) is 1. The highest BCUT2D eigenvalue weighted by Gasteiger charge is 2.41. The van der Waals surface area contributed by atoms with Gasteiger partial charge in [0.05, 0.1) is 36.6 Å². The third-order valence-corrected chi connectivity index (χ3v) is 13.1. The minimum absolute atomic E-state index is 0.140. The van der Waals surface area contributed by atoms with E-state index in [9.17, 15) is 24.0 Å². The monoisotopic (exact) mass is 885 g/mol. The number of nitrogens with zero attached hydrogens (tertiary/aromatic N) is 5. The number of carbonyl (C=O) groups is 5. The van der Waals surface area contributed by atoms with Gasteiger partial charge >= 0.3 is 5.97 Å². The molecule has 3 aliphatic heterocycles. The fourth-order valence-corrected chi connectivity index (χ4v) is 9.65. The van der Waals surface area contributed by atoms with Gasteiger partial charge in [0.15, 0.2) is 6.29 Å². The van der Waals surface area contributed by atoms with Crippen molar-refractivity contribution >= 4 is 40.9 Å². The maximum Gasteiger partial charge on any atom is 0.324 e. The number of aryl methyl sites for hydroxylation is 1. The number of amides is 3. The number of aldehydes is 1. The Balaban J connectivity index is 1.27. The maximum absolute atomic E-state index is 14.7. The van der Waals surface area contributed by atoms with Crippen LogP contribution in [0.15, 0.2) is 60.8 Å². The zero-order valence-corrected chi connectivity index (χ0v) is 39.0. The predicted molar refractivity (Wildman–Crippen MR) is 249 cm³/mol. The maximum atomic E-state index is 14.7. The van der Waals surface area contributed by atoms with E-state index in [-0.39, 0.29) is 42.8 Å². The molecule has 344 valence electrons. The molecule has 4 unspecified atom stereocenters. The van der Waals surface area contributed by atoms with Crippen LogP contribution in [0.4, 0.5) is 0 Å². The van der Waals surface area contributed by atoms with Crippen LogP contribution < -0.4 is 10.7 Å². The number of nitrogens with one attached hydrogen (secondary N) is 2. The Morgan fingerprint density at radius 1 is 1.09 bits per heavy atom. The third-order valence-electron chi connectivity index (χ3n) is 13.1. The second-order valence-electron chi connectivity index (χ2n) is 18.8. The van der Waals surface area contributed by atoms with Gasteiger partial charge < -0.3 is 24.3 Å². The number of hydrazine groups is 1. The molecule has 6 bridgehead atoms. The number of esters is 1. The summed E-state index contributed by atoms with van der Waals surface area (Å²) in [5, 5.41) is 5.59. The molecule has 7 rings (SSSR count). The van der Waals surface area contributed by atoms with E-state index in [0.717, 1.165) is 50.1 Å². The number of fused-ring (bicyclic) bond motifs is 6. The molecular weight excluding hydrogens is 823 g/mol. The quantitative estimate of drug-likeness (QED) is 0.121. The van der Waals surface area contributed by atoms with Crippen molar-refractivity contribution < 1.29 is 33.4 Å². The number of pyridine rings is 1. The van der Waals surface area contributed by atoms with Gasteiger partial charge in [0, 0.05) is 74.8 Å². The molecule has 2 aromatic heterocycles. The largest absolute Gasteiger partial charge is 0.464 e. The van der Waals surface area contributed by atoms with Crippen molar-refractivity contribution in [2.24, 2.45) is 17.3 Å². The van der Waals surface area contributed by atoms with Gasteiger partial charge in [0.2, 0.25) is 11.8 Å². The number of rotatable bonds is 10. The van der Waals surface area contributed by atoms with E-state index < -0.39 is 35.4 Å². The molecule has 2 aromatic carbocycles. The molecular formula is C51H63N7O7. The van der Waals surface area contributed by atoms with Crippen molar-refractivity contribution in [1.82, 2.24) is 35.1 Å². The number of aromatic nitrogens is 2. The molecule has 5 heterocycles. The van der Waals surface area contributed by atoms with Gasteiger partial charge in [0.1, 0.15) is 18.1 Å². The van der Waals surface area contributed by atoms with Crippen LogP contribution >= 0.6 is 0 Å². The third kappa shape index (κ3) is 10.2. The second kappa shape index (κ2) is 20.1. The molecule has 4 atom stereocenters. The highest BCUT2D eigenvalue weighted by molar-refractivity contribution is 5.96. The van der Waals surface area contributed by atoms with Gasteiger partial charge in [-0.15, -0.1) is 0 Å². The Bertz CT molecular complexity index is 2500. The van der Waals surface area contributed by atoms with Crippen LogP contribution in [0.25, 0.3) is 33.3 Å². The summed E-state index contributed by atoms with van der Waals surface area (Å²) in [5.41, 5.74) is 10.5. The first kappa shape index (κ1) is 47.1. The number of ether oxygens (including phenoxy) is 2. The van der Waals surface area contributed by atoms with Crippen molar-refractivity contribution in [3.05, 3.63) is 77.6 Å². The molecule has 0 radical (unpaired) electrons. The SMILES string of the molecule is CCn1c(-c2cccnc2C(C)OC)c2c3cc(ccc31)-c1cccc(c1)CC(NC(=O)C(C(C)C)N(C)C(=O)C1CN(CC#CC=O)C1)C(=O)N1CCCC(N1)C(=O)OCC(C)(C)C2. The lowest BCUT2D eigenvalue weighted by molar-refractivity contribution is -0.155. The fraction of sp³-hybridized carbons (Fsp3) is 0.490. The Morgan fingerprint density at radius 3 is 2.58 bits per heavy atom. The summed E-state index contributed by atoms with van der Waals surface area (Å²) < 4.78 is 14.3. The number of carbonyl (C=O) groups excluding carboxylic acids is 5. The molecule has 14 nitrogen and oxygen atoms in total. The van der Waals surface area contributed by atoms with Crippen molar-refractivity contribution in [2.75, 3.05) is 46.9 Å². The lowest BCUT2D eigenvalue weighted by Crippen LogP contribution is -2.63. The number of hydrogen-bond acceptors (Lipinski definition) is 10. The minimum atomic E-state index is -1.03. The summed E-state index contributed by atoms with van der Waals surface area (Å²) in [7, 11) is 3.32. The number of hydrogen-bond donors (Lipinski definition) is 2. The Morgan fingerprint density at radius 2 is 1.86 bits per heavy atom. The molecule has 2 saturated heterocycles. The summed E-state index contributed by atoms with van der Waals surface area (Å²) in [6.07, 6.45) is 3.87. The topological polar surface area (TPSA) is 155 Å². The van der Waals surface area contributed by atoms with E-state index in [4.69, 9.17) is 14.5 Å². The van der Waals surface area contributed by atoms with Gasteiger partial charge in [-0.25, -0.2) is 5.43 Å². The van der Waals surface area contributed by atoms with Gasteiger partial charge in [-0.05, 0) is 91.5 Å². The van der Waals surface area contributed by atoms with Crippen LogP contribution in [-0.4, -0.2) is 119 Å². The molecule has 3 aliphatic rings. The van der Waals surface area contributed by atoms with Crippen molar-refractivity contribution in [3.63, 3.8) is 0 Å². The summed E-state index contributed by atoms with van der Waals surface area (Å²) in [6.45, 7) is 14.6. The van der Waals surface area contributed by atoms with Crippen LogP contribution in [0.2, 0.25) is 0 Å². The molecule has 0 saturated carbocycles. The zero-order valence-electron chi connectivity index (χ0n) is 39.0. The molecule has 2 fully saturated rings. The van der Waals surface area contributed by atoms with Crippen LogP contribution in [-0.2, 0) is 52.8 Å². The summed E-state index contributed by atoms with van der Waals surface area (Å²) >= 11 is 0. The average molecular weight is 886 g/mol. The van der Waals surface area contributed by atoms with Crippen molar-refractivity contribution in [1.29, 1.82) is 0 Å². The standard InChI is InChI=1S/C51H63N7O7/c1-9-57-43-20-19-36-27-39(43)40(46(57)38-17-13-21-52-44(38)33(4)64-8)28-51(5,6)31-65-50(63)41-18-14-23-58(54-41)49(62)42(26-34-15-12-16-35(36)25-34)53-47(60)45(32(2)3)55(7)48(61)37-29-56(30-37)22-10-11-24-59/h12-13,15-17,19-21,24-25,27,32-33,37,41-42,45,54H,9,14,18,22-23,26,28-31H2,1-8H3,(H,53,60). The van der Waals surface area contributed by atoms with Gasteiger partial charge in [-0.2, -0.15) is 0 Å². The lowest BCUT2D eigenvalue weighted by Gasteiger charge is -2.41. The van der Waals surface area contributed by atoms with E-state index in [1.54, 1.807) is 20.4 Å². The van der Waals surface area contributed by atoms with Crippen LogP contribution in [0.3, 0.4) is 0 Å². The second-order valence-corrected chi connectivity index (χ2v) is 18.8. The first-order valence-electron chi connectivity index (χ1n) is 22.8. The first-order valence-corrected chi connectivity index (χ1v) is 22.8. The van der Waals surface area contributed by atoms with Crippen LogP contribution in [0, 0.1) is 29.1 Å². The summed E-state index contributed by atoms with van der Waals surface area (Å²) in [5.74, 6) is 3.13. The summed E-state index contributed by atoms with van der Waals surface area (Å²) in [6, 6.07) is 16.0. The number of methoxy groups -OCH3 is 1. The van der Waals surface area contributed by atoms with Crippen LogP contribution in [0.1, 0.15) is 77.3 Å². The number of likely N-dealkylation sites (tertiary alicyclic amines) is 1. The van der Waals surface area contributed by atoms with E-state index in [0.29, 0.717) is 58.3 Å². The molecule has 0 aliphatic carbocycles. The van der Waals surface area contributed by atoms with Crippen molar-refractivity contribution in [3.8, 4) is 34.2 Å². The minimum Gasteiger partial charge on any atom is -0.464 e. The number of benzene rings is 2. The Kier molecular flexibility index (Phi) is 14.6. The molecule has 14 heteroatoms. The predicted octanol–water partition coefficient (Wildman–Crippen LogP) is 5.36. The molecule has 2 N–H and O–H groups in total. The van der Waals surface area contributed by atoms with E-state index in [2.05, 4.69) is 84.3 Å². The molecule has 4 aromatic rings. The molecule has 3 amide bonds. The molecule has 65 heavy (non-hydrogen) atoms. The van der Waals surface area contributed by atoms with Crippen LogP contribution in [0.5, 0.6) is 0 Å². The Hall–Kier alpha value is -5.88. The highest BCUT2D eigenvalue weighted by Crippen LogP contribution is 2.42. The fourth-order valence-electron chi connectivity index (χ4n) is 9.65. The van der Waals surface area contributed by atoms with E-state index in [1.165, 1.54) is 9.91 Å². The Labute approximate surface area is 382 Å². The summed E-state index contributed by atoms with van der Waals surface area (Å²) in [4.78, 5) is 75.6. The van der Waals surface area contributed by atoms with Gasteiger partial charge in [-0.3, -0.25) is 38.9 Å². The smallest absolute Gasteiger partial charge is 0.324 e.